The third-order valence-electron chi connectivity index (χ3n) is 5.93. The first-order valence-corrected chi connectivity index (χ1v) is 8.50. The molecule has 4 heteroatoms. The first-order chi connectivity index (χ1) is 10.3. The lowest BCUT2D eigenvalue weighted by atomic mass is 10.0. The first kappa shape index (κ1) is 12.6. The molecule has 3 fully saturated rings. The highest BCUT2D eigenvalue weighted by Crippen LogP contribution is 2.65. The fraction of sp³-hybridized carbons (Fsp3) is 0.647. The SMILES string of the molecule is Clc1cc(CNC2C3C4CCC(C4)C23)cc2c1OCCO2. The molecule has 3 nitrogen and oxygen atoms in total. The maximum atomic E-state index is 6.30. The van der Waals surface area contributed by atoms with Crippen LogP contribution >= 0.6 is 11.6 Å². The molecule has 0 amide bonds. The Kier molecular flexibility index (Phi) is 2.72. The number of fused-ring (bicyclic) bond motifs is 6. The van der Waals surface area contributed by atoms with Gasteiger partial charge in [0.1, 0.15) is 13.2 Å². The highest BCUT2D eigenvalue weighted by atomic mass is 35.5. The van der Waals surface area contributed by atoms with Crippen LogP contribution in [0.1, 0.15) is 24.8 Å². The monoisotopic (exact) mass is 305 g/mol. The van der Waals surface area contributed by atoms with Gasteiger partial charge in [0.15, 0.2) is 11.5 Å². The van der Waals surface area contributed by atoms with E-state index in [1.54, 1.807) is 0 Å². The summed E-state index contributed by atoms with van der Waals surface area (Å²) in [5, 5.41) is 4.42. The molecule has 3 aliphatic carbocycles. The summed E-state index contributed by atoms with van der Waals surface area (Å²) in [5.41, 5.74) is 1.20. The van der Waals surface area contributed by atoms with Crippen LogP contribution in [0.5, 0.6) is 11.5 Å². The topological polar surface area (TPSA) is 30.5 Å². The maximum absolute atomic E-state index is 6.30. The fourth-order valence-corrected chi connectivity index (χ4v) is 5.39. The summed E-state index contributed by atoms with van der Waals surface area (Å²) in [6.07, 6.45) is 4.45. The zero-order chi connectivity index (χ0) is 14.0. The second-order valence-corrected chi connectivity index (χ2v) is 7.40. The van der Waals surface area contributed by atoms with Gasteiger partial charge in [0.2, 0.25) is 0 Å². The van der Waals surface area contributed by atoms with Crippen molar-refractivity contribution in [2.45, 2.75) is 31.8 Å². The molecule has 1 aliphatic heterocycles. The Bertz CT molecular complexity index is 574. The molecule has 0 spiro atoms. The van der Waals surface area contributed by atoms with E-state index in [0.717, 1.165) is 42.0 Å². The molecule has 21 heavy (non-hydrogen) atoms. The van der Waals surface area contributed by atoms with Crippen LogP contribution in [-0.2, 0) is 6.54 Å². The Hall–Kier alpha value is -0.930. The van der Waals surface area contributed by atoms with Gasteiger partial charge in [-0.2, -0.15) is 0 Å². The molecule has 1 aromatic carbocycles. The van der Waals surface area contributed by atoms with E-state index in [4.69, 9.17) is 21.1 Å². The normalized spacial score (nSPS) is 38.4. The summed E-state index contributed by atoms with van der Waals surface area (Å²) in [4.78, 5) is 0. The van der Waals surface area contributed by atoms with Gasteiger partial charge in [-0.3, -0.25) is 0 Å². The standard InChI is InChI=1S/C17H20ClNO2/c18-12-5-9(6-13-17(12)21-4-3-20-13)8-19-16-14-10-1-2-11(7-10)15(14)16/h5-6,10-11,14-16,19H,1-4,7-8H2. The molecule has 2 bridgehead atoms. The smallest absolute Gasteiger partial charge is 0.179 e. The third kappa shape index (κ3) is 1.90. The molecule has 3 saturated carbocycles. The average molecular weight is 306 g/mol. The highest BCUT2D eigenvalue weighted by molar-refractivity contribution is 6.32. The number of rotatable bonds is 3. The summed E-state index contributed by atoms with van der Waals surface area (Å²) in [6.45, 7) is 2.07. The quantitative estimate of drug-likeness (QED) is 0.930. The number of hydrogen-bond donors (Lipinski definition) is 1. The fourth-order valence-electron chi connectivity index (χ4n) is 5.10. The third-order valence-corrected chi connectivity index (χ3v) is 6.21. The van der Waals surface area contributed by atoms with Crippen molar-refractivity contribution in [1.29, 1.82) is 0 Å². The van der Waals surface area contributed by atoms with E-state index < -0.39 is 0 Å². The second-order valence-electron chi connectivity index (χ2n) is 7.00. The maximum Gasteiger partial charge on any atom is 0.179 e. The van der Waals surface area contributed by atoms with Crippen LogP contribution in [0.15, 0.2) is 12.1 Å². The predicted octanol–water partition coefficient (Wildman–Crippen LogP) is 3.25. The molecule has 4 atom stereocenters. The Labute approximate surface area is 130 Å². The average Bonchev–Trinajstić information content (AvgIpc) is 2.88. The van der Waals surface area contributed by atoms with Crippen LogP contribution < -0.4 is 14.8 Å². The van der Waals surface area contributed by atoms with Crippen LogP contribution in [0.25, 0.3) is 0 Å². The van der Waals surface area contributed by atoms with E-state index in [-0.39, 0.29) is 0 Å². The lowest BCUT2D eigenvalue weighted by molar-refractivity contribution is 0.171. The van der Waals surface area contributed by atoms with Crippen molar-refractivity contribution >= 4 is 11.6 Å². The van der Waals surface area contributed by atoms with Gasteiger partial charge in [0.25, 0.3) is 0 Å². The van der Waals surface area contributed by atoms with Crippen molar-refractivity contribution in [2.75, 3.05) is 13.2 Å². The van der Waals surface area contributed by atoms with Crippen LogP contribution in [0.2, 0.25) is 5.02 Å². The van der Waals surface area contributed by atoms with Gasteiger partial charge in [-0.1, -0.05) is 11.6 Å². The second kappa shape index (κ2) is 4.53. The zero-order valence-electron chi connectivity index (χ0n) is 12.0. The van der Waals surface area contributed by atoms with Gasteiger partial charge in [-0.15, -0.1) is 0 Å². The number of ether oxygens (including phenoxy) is 2. The van der Waals surface area contributed by atoms with E-state index in [0.29, 0.717) is 24.0 Å². The molecular formula is C17H20ClNO2. The predicted molar refractivity (Wildman–Crippen MR) is 80.9 cm³/mol. The van der Waals surface area contributed by atoms with Crippen molar-refractivity contribution in [3.8, 4) is 11.5 Å². The molecule has 0 radical (unpaired) electrons. The van der Waals surface area contributed by atoms with Gasteiger partial charge in [-0.25, -0.2) is 0 Å². The highest BCUT2D eigenvalue weighted by Gasteiger charge is 2.64. The summed E-state index contributed by atoms with van der Waals surface area (Å²) in [6, 6.07) is 4.83. The molecule has 1 heterocycles. The van der Waals surface area contributed by atoms with Crippen LogP contribution in [0.3, 0.4) is 0 Å². The first-order valence-electron chi connectivity index (χ1n) is 8.12. The summed E-state index contributed by atoms with van der Waals surface area (Å²) < 4.78 is 11.2. The molecular weight excluding hydrogens is 286 g/mol. The van der Waals surface area contributed by atoms with Crippen LogP contribution in [0.4, 0.5) is 0 Å². The molecule has 4 unspecified atom stereocenters. The Morgan fingerprint density at radius 2 is 1.86 bits per heavy atom. The lowest BCUT2D eigenvalue weighted by Crippen LogP contribution is -2.23. The van der Waals surface area contributed by atoms with Crippen molar-refractivity contribution in [3.05, 3.63) is 22.7 Å². The van der Waals surface area contributed by atoms with Crippen molar-refractivity contribution < 1.29 is 9.47 Å². The van der Waals surface area contributed by atoms with Gasteiger partial charge in [0, 0.05) is 12.6 Å². The van der Waals surface area contributed by atoms with Gasteiger partial charge < -0.3 is 14.8 Å². The van der Waals surface area contributed by atoms with E-state index in [2.05, 4.69) is 11.4 Å². The van der Waals surface area contributed by atoms with Gasteiger partial charge in [0.05, 0.1) is 5.02 Å². The largest absolute Gasteiger partial charge is 0.486 e. The Morgan fingerprint density at radius 3 is 2.67 bits per heavy atom. The van der Waals surface area contributed by atoms with Crippen LogP contribution in [-0.4, -0.2) is 19.3 Å². The Balaban J connectivity index is 1.28. The molecule has 0 aromatic heterocycles. The minimum absolute atomic E-state index is 0.582. The Morgan fingerprint density at radius 1 is 1.10 bits per heavy atom. The summed E-state index contributed by atoms with van der Waals surface area (Å²) in [5.74, 6) is 5.46. The molecule has 4 aliphatic rings. The molecule has 1 aromatic rings. The van der Waals surface area contributed by atoms with Crippen molar-refractivity contribution in [3.63, 3.8) is 0 Å². The van der Waals surface area contributed by atoms with E-state index in [1.165, 1.54) is 24.8 Å². The number of hydrogen-bond acceptors (Lipinski definition) is 3. The zero-order valence-corrected chi connectivity index (χ0v) is 12.7. The number of nitrogens with one attached hydrogen (secondary N) is 1. The number of benzene rings is 1. The summed E-state index contributed by atoms with van der Waals surface area (Å²) in [7, 11) is 0. The molecule has 0 saturated heterocycles. The molecule has 1 N–H and O–H groups in total. The van der Waals surface area contributed by atoms with Crippen molar-refractivity contribution in [2.24, 2.45) is 23.7 Å². The van der Waals surface area contributed by atoms with Gasteiger partial charge in [-0.05, 0) is 60.6 Å². The molecule has 112 valence electrons. The lowest BCUT2D eigenvalue weighted by Gasteiger charge is -2.20. The van der Waals surface area contributed by atoms with E-state index in [9.17, 15) is 0 Å². The van der Waals surface area contributed by atoms with E-state index >= 15 is 0 Å². The minimum atomic E-state index is 0.582. The van der Waals surface area contributed by atoms with E-state index in [1.807, 2.05) is 6.07 Å². The number of halogens is 1. The van der Waals surface area contributed by atoms with Gasteiger partial charge >= 0.3 is 0 Å². The van der Waals surface area contributed by atoms with Crippen LogP contribution in [0, 0.1) is 23.7 Å². The minimum Gasteiger partial charge on any atom is -0.486 e. The molecule has 5 rings (SSSR count). The van der Waals surface area contributed by atoms with Crippen molar-refractivity contribution in [1.82, 2.24) is 5.32 Å². The summed E-state index contributed by atoms with van der Waals surface area (Å²) >= 11 is 6.30.